The van der Waals surface area contributed by atoms with Crippen molar-refractivity contribution in [1.82, 2.24) is 49.7 Å². The van der Waals surface area contributed by atoms with Crippen LogP contribution in [0.25, 0.3) is 44.6 Å². The number of carbonyl (C=O) groups excluding carboxylic acids is 2. The minimum Gasteiger partial charge on any atom is -0.457 e. The lowest BCUT2D eigenvalue weighted by Gasteiger charge is -2.32. The molecule has 0 bridgehead atoms. The van der Waals surface area contributed by atoms with Gasteiger partial charge in [-0.25, -0.2) is 29.3 Å². The average Bonchev–Trinajstić information content (AvgIpc) is 4.01. The van der Waals surface area contributed by atoms with Crippen molar-refractivity contribution in [3.05, 3.63) is 147 Å². The number of piperidine rings is 2. The molecule has 2 fully saturated rings. The molecule has 0 saturated carbocycles. The molecule has 2 aliphatic heterocycles. The van der Waals surface area contributed by atoms with Crippen LogP contribution in [0.1, 0.15) is 46.0 Å². The highest BCUT2D eigenvalue weighted by molar-refractivity contribution is 6.66. The number of benzene rings is 4. The van der Waals surface area contributed by atoms with Crippen molar-refractivity contribution in [3.63, 3.8) is 0 Å². The predicted molar refractivity (Wildman–Crippen MR) is 268 cm³/mol. The van der Waals surface area contributed by atoms with Crippen LogP contribution in [0.5, 0.6) is 23.0 Å². The third-order valence-corrected chi connectivity index (χ3v) is 11.2. The van der Waals surface area contributed by atoms with Gasteiger partial charge in [-0.15, -0.1) is 12.4 Å². The topological polar surface area (TPSA) is 207 Å². The monoisotopic (exact) mass is 958 g/mol. The van der Waals surface area contributed by atoms with Crippen LogP contribution in [0.3, 0.4) is 0 Å². The molecule has 18 heteroatoms. The summed E-state index contributed by atoms with van der Waals surface area (Å²) >= 11 is 4.70. The Balaban J connectivity index is 0.000000189. The summed E-state index contributed by atoms with van der Waals surface area (Å²) in [4.78, 5) is 41.2. The molecule has 16 nitrogen and oxygen atoms in total. The van der Waals surface area contributed by atoms with E-state index in [2.05, 4.69) is 25.3 Å². The van der Waals surface area contributed by atoms with Gasteiger partial charge in [0.1, 0.15) is 58.7 Å². The third-order valence-electron chi connectivity index (χ3n) is 11.1. The molecule has 6 heterocycles. The number of para-hydroxylation sites is 2. The highest BCUT2D eigenvalue weighted by atomic mass is 35.5. The molecule has 4 aromatic carbocycles. The van der Waals surface area contributed by atoms with Crippen LogP contribution in [0.4, 0.5) is 11.6 Å². The van der Waals surface area contributed by atoms with E-state index in [0.717, 1.165) is 77.5 Å². The lowest BCUT2D eigenvalue weighted by atomic mass is 10.1. The molecular formula is C50H50Cl2N12O4. The second kappa shape index (κ2) is 22.7. The zero-order chi connectivity index (χ0) is 51.6. The van der Waals surface area contributed by atoms with Crippen LogP contribution < -0.4 is 26.3 Å². The number of aromatic nitrogens is 8. The zero-order valence-corrected chi connectivity index (χ0v) is 38.0. The summed E-state index contributed by atoms with van der Waals surface area (Å²) in [6.07, 6.45) is 6.52. The van der Waals surface area contributed by atoms with E-state index in [1.165, 1.54) is 17.6 Å². The lowest BCUT2D eigenvalue weighted by Crippen LogP contribution is -2.40. The summed E-state index contributed by atoms with van der Waals surface area (Å²) in [6, 6.07) is 33.3. The van der Waals surface area contributed by atoms with Crippen molar-refractivity contribution in [2.45, 2.75) is 37.8 Å². The largest absolute Gasteiger partial charge is 0.457 e. The molecule has 5 N–H and O–H groups in total. The van der Waals surface area contributed by atoms with E-state index in [4.69, 9.17) is 51.0 Å². The maximum Gasteiger partial charge on any atom is 0.246 e. The summed E-state index contributed by atoms with van der Waals surface area (Å²) < 4.78 is 57.2. The van der Waals surface area contributed by atoms with Gasteiger partial charge in [0.15, 0.2) is 11.3 Å². The molecular weight excluding hydrogens is 904 g/mol. The van der Waals surface area contributed by atoms with Gasteiger partial charge < -0.3 is 31.2 Å². The Hall–Kier alpha value is -7.66. The smallest absolute Gasteiger partial charge is 0.246 e. The van der Waals surface area contributed by atoms with Crippen LogP contribution in [0.2, 0.25) is 0 Å². The fourth-order valence-corrected chi connectivity index (χ4v) is 7.98. The maximum atomic E-state index is 12.6. The van der Waals surface area contributed by atoms with Gasteiger partial charge >= 0.3 is 0 Å². The Morgan fingerprint density at radius 2 is 1.18 bits per heavy atom. The number of nitrogens with two attached hydrogens (primary N) is 2. The van der Waals surface area contributed by atoms with Crippen LogP contribution in [0.15, 0.2) is 147 Å². The first-order valence-electron chi connectivity index (χ1n) is 24.4. The third kappa shape index (κ3) is 11.3. The molecule has 2 saturated heterocycles. The molecule has 8 aromatic rings. The Morgan fingerprint density at radius 1 is 0.691 bits per heavy atom. The highest BCUT2D eigenvalue weighted by Crippen LogP contribution is 2.36. The SMILES string of the molecule is Cl.Nc1ncnc2c1c(-c1ccc(Oc3ccccc3)cc1)nn2[C@@H]1CCCNC1.[2H]C([2H])=C([2H])C(=O)Cl.[2H]C([2H])=C([2H])C(=O)N1CCC[C@@H](n2nc(-c3ccc(Oc4ccccc4)cc3)c3c(N)ncnc32)C1. The molecule has 0 radical (unpaired) electrons. The van der Waals surface area contributed by atoms with Crippen LogP contribution in [0, 0.1) is 0 Å². The second-order valence-corrected chi connectivity index (χ2v) is 15.8. The van der Waals surface area contributed by atoms with Gasteiger partial charge in [-0.2, -0.15) is 10.2 Å². The molecule has 2 aliphatic rings. The second-order valence-electron chi connectivity index (χ2n) is 15.5. The summed E-state index contributed by atoms with van der Waals surface area (Å²) in [5.74, 6) is 3.12. The first kappa shape index (κ1) is 40.6. The Labute approximate surface area is 412 Å². The minimum absolute atomic E-state index is 0. The normalized spacial score (nSPS) is 16.5. The summed E-state index contributed by atoms with van der Waals surface area (Å²) in [5.41, 5.74) is 17.0. The molecule has 4 aromatic heterocycles. The molecule has 348 valence electrons. The van der Waals surface area contributed by atoms with E-state index < -0.39 is 36.3 Å². The number of rotatable bonds is 10. The van der Waals surface area contributed by atoms with Crippen LogP contribution in [-0.2, 0) is 9.59 Å². The van der Waals surface area contributed by atoms with Gasteiger partial charge in [0.05, 0.1) is 31.1 Å². The molecule has 0 aliphatic carbocycles. The number of amides is 1. The lowest BCUT2D eigenvalue weighted by molar-refractivity contribution is -0.127. The first-order valence-corrected chi connectivity index (χ1v) is 21.8. The molecule has 68 heavy (non-hydrogen) atoms. The van der Waals surface area contributed by atoms with Gasteiger partial charge in [0.25, 0.3) is 0 Å². The van der Waals surface area contributed by atoms with Crippen LogP contribution >= 0.6 is 24.0 Å². The standard InChI is InChI=1S/C25H24N6O2.C22H22N6O.C3H3ClO.ClH/c1-2-21(32)30-14-6-7-18(15-30)31-25-22(24(26)27-16-28-25)23(29-31)17-10-12-20(13-11-17)33-19-8-4-3-5-9-19;23-21-19-20(15-8-10-18(11-9-15)29-17-6-2-1-3-7-17)27-28(22(19)26-14-25-21)16-5-4-12-24-13-16;1-2-3(4)5;/h2-5,8-13,16,18H,1,6-7,14-15H2,(H2,26,27,28);1-3,6-11,14,16,24H,4-5,12-13H2,(H2,23,25,26);2H,1H2;1H/t18-;16-;;/m11../s1/i1D2,2D;;1D2,2D;. The van der Waals surface area contributed by atoms with Crippen molar-refractivity contribution >= 4 is 68.9 Å². The number of likely N-dealkylation sites (tertiary alicyclic amines) is 1. The van der Waals surface area contributed by atoms with Crippen molar-refractivity contribution in [3.8, 4) is 45.5 Å². The van der Waals surface area contributed by atoms with Crippen molar-refractivity contribution in [2.75, 3.05) is 37.6 Å². The van der Waals surface area contributed by atoms with Gasteiger partial charge in [0, 0.05) is 30.8 Å². The van der Waals surface area contributed by atoms with E-state index in [9.17, 15) is 9.59 Å². The maximum absolute atomic E-state index is 12.6. The summed E-state index contributed by atoms with van der Waals surface area (Å²) in [7, 11) is 0. The number of allylic oxidation sites excluding steroid dienone is 1. The summed E-state index contributed by atoms with van der Waals surface area (Å²) in [5, 5.41) is 13.6. The van der Waals surface area contributed by atoms with E-state index in [1.54, 1.807) is 4.68 Å². The number of nitrogens with one attached hydrogen (secondary N) is 1. The number of carbonyl (C=O) groups is 2. The Bertz CT molecular complexity index is 3280. The van der Waals surface area contributed by atoms with E-state index in [-0.39, 0.29) is 24.5 Å². The quantitative estimate of drug-likeness (QED) is 0.0864. The molecule has 1 amide bonds. The van der Waals surface area contributed by atoms with Crippen molar-refractivity contribution in [2.24, 2.45) is 0 Å². The van der Waals surface area contributed by atoms with E-state index >= 15 is 0 Å². The number of ether oxygens (including phenoxy) is 2. The van der Waals surface area contributed by atoms with Gasteiger partial charge in [-0.05, 0) is 129 Å². The van der Waals surface area contributed by atoms with Crippen molar-refractivity contribution in [1.29, 1.82) is 0 Å². The number of halogens is 2. The molecule has 0 unspecified atom stereocenters. The summed E-state index contributed by atoms with van der Waals surface area (Å²) in [6.45, 7) is 1.02. The number of nitrogens with zero attached hydrogens (tertiary/aromatic N) is 9. The zero-order valence-electron chi connectivity index (χ0n) is 42.5. The van der Waals surface area contributed by atoms with Crippen molar-refractivity contribution < 1.29 is 27.3 Å². The Morgan fingerprint density at radius 3 is 1.63 bits per heavy atom. The highest BCUT2D eigenvalue weighted by Gasteiger charge is 2.28. The van der Waals surface area contributed by atoms with Gasteiger partial charge in [-0.1, -0.05) is 49.5 Å². The van der Waals surface area contributed by atoms with Gasteiger partial charge in [-0.3, -0.25) is 9.59 Å². The number of nitrogen functional groups attached to an aromatic ring is 2. The fourth-order valence-electron chi connectivity index (χ4n) is 7.98. The molecule has 10 rings (SSSR count). The number of hydrogen-bond acceptors (Lipinski definition) is 13. The predicted octanol–water partition coefficient (Wildman–Crippen LogP) is 9.37. The number of fused-ring (bicyclic) bond motifs is 2. The fraction of sp³-hybridized carbons (Fsp3) is 0.200. The average molecular weight is 960 g/mol. The first-order chi connectivity index (χ1) is 35.3. The van der Waals surface area contributed by atoms with Crippen LogP contribution in [-0.4, -0.2) is 81.7 Å². The van der Waals surface area contributed by atoms with E-state index in [1.807, 2.05) is 114 Å². The molecule has 0 spiro atoms. The number of hydrogen-bond donors (Lipinski definition) is 3. The van der Waals surface area contributed by atoms with Gasteiger partial charge in [0.2, 0.25) is 11.1 Å². The Kier molecular flexibility index (Phi) is 13.5. The number of anilines is 2. The van der Waals surface area contributed by atoms with E-state index in [0.29, 0.717) is 53.6 Å². The molecule has 2 atom stereocenters. The minimum atomic E-state index is -1.06.